The second kappa shape index (κ2) is 6.78. The van der Waals surface area contributed by atoms with Gasteiger partial charge in [-0.1, -0.05) is 6.07 Å². The highest BCUT2D eigenvalue weighted by Gasteiger charge is 2.26. The minimum atomic E-state index is -0.220. The van der Waals surface area contributed by atoms with Crippen LogP contribution in [0, 0.1) is 13.8 Å². The highest BCUT2D eigenvalue weighted by Crippen LogP contribution is 2.33. The number of hydrogen-bond acceptors (Lipinski definition) is 4. The zero-order valence-electron chi connectivity index (χ0n) is 15.5. The molecule has 1 aromatic carbocycles. The van der Waals surface area contributed by atoms with Crippen LogP contribution in [-0.4, -0.2) is 33.9 Å². The van der Waals surface area contributed by atoms with E-state index >= 15 is 0 Å². The van der Waals surface area contributed by atoms with E-state index in [1.165, 1.54) is 0 Å². The van der Waals surface area contributed by atoms with Gasteiger partial charge in [-0.2, -0.15) is 5.10 Å². The molecule has 0 spiro atoms. The Balaban J connectivity index is 1.79. The van der Waals surface area contributed by atoms with Gasteiger partial charge in [0.25, 0.3) is 0 Å². The summed E-state index contributed by atoms with van der Waals surface area (Å²) >= 11 is 0. The number of ether oxygens (including phenoxy) is 2. The fourth-order valence-corrected chi connectivity index (χ4v) is 3.42. The van der Waals surface area contributed by atoms with Gasteiger partial charge < -0.3 is 14.4 Å². The van der Waals surface area contributed by atoms with Gasteiger partial charge in [-0.05, 0) is 45.4 Å². The van der Waals surface area contributed by atoms with E-state index in [1.807, 2.05) is 62.5 Å². The Labute approximate surface area is 148 Å². The number of nitrogens with zero attached hydrogens (tertiary/aromatic N) is 3. The number of carbonyl (C=O) groups is 1. The number of rotatable bonds is 5. The van der Waals surface area contributed by atoms with Crippen LogP contribution in [-0.2, 0) is 18.4 Å². The molecule has 0 unspecified atom stereocenters. The summed E-state index contributed by atoms with van der Waals surface area (Å²) in [6.45, 7) is 9.38. The first-order chi connectivity index (χ1) is 11.9. The topological polar surface area (TPSA) is 56.6 Å². The number of aromatic nitrogens is 2. The van der Waals surface area contributed by atoms with Crippen molar-refractivity contribution in [1.29, 1.82) is 0 Å². The molecular formula is C19H25N3O3. The summed E-state index contributed by atoms with van der Waals surface area (Å²) < 4.78 is 12.6. The van der Waals surface area contributed by atoms with Gasteiger partial charge in [-0.25, -0.2) is 0 Å². The second-order valence-corrected chi connectivity index (χ2v) is 6.47. The van der Waals surface area contributed by atoms with E-state index in [9.17, 15) is 4.79 Å². The van der Waals surface area contributed by atoms with Crippen LogP contribution in [0.5, 0.6) is 11.5 Å². The number of likely N-dealkylation sites (N-methyl/N-ethyl adjacent to an activating group) is 1. The fourth-order valence-electron chi connectivity index (χ4n) is 3.42. The molecule has 2 heterocycles. The molecule has 0 bridgehead atoms. The van der Waals surface area contributed by atoms with E-state index in [-0.39, 0.29) is 18.6 Å². The molecule has 6 heteroatoms. The Kier molecular flexibility index (Phi) is 4.70. The largest absolute Gasteiger partial charge is 0.454 e. The molecule has 1 aliphatic rings. The van der Waals surface area contributed by atoms with Crippen LogP contribution < -0.4 is 9.47 Å². The van der Waals surface area contributed by atoms with Crippen LogP contribution in [0.25, 0.3) is 0 Å². The molecule has 1 amide bonds. The Bertz CT molecular complexity index is 797. The predicted octanol–water partition coefficient (Wildman–Crippen LogP) is 2.92. The lowest BCUT2D eigenvalue weighted by Crippen LogP contribution is -2.34. The molecule has 134 valence electrons. The molecule has 1 aliphatic heterocycles. The highest BCUT2D eigenvalue weighted by atomic mass is 16.7. The molecule has 0 N–H and O–H groups in total. The summed E-state index contributed by atoms with van der Waals surface area (Å²) in [5.41, 5.74) is 4.01. The van der Waals surface area contributed by atoms with Crippen LogP contribution in [0.2, 0.25) is 0 Å². The van der Waals surface area contributed by atoms with Crippen molar-refractivity contribution >= 4 is 5.91 Å². The summed E-state index contributed by atoms with van der Waals surface area (Å²) in [6.07, 6.45) is 0. The van der Waals surface area contributed by atoms with Crippen LogP contribution in [0.15, 0.2) is 18.2 Å². The van der Waals surface area contributed by atoms with Gasteiger partial charge >= 0.3 is 0 Å². The summed E-state index contributed by atoms with van der Waals surface area (Å²) in [6, 6.07) is 5.83. The molecule has 0 radical (unpaired) electrons. The van der Waals surface area contributed by atoms with Gasteiger partial charge in [-0.15, -0.1) is 0 Å². The van der Waals surface area contributed by atoms with E-state index in [0.717, 1.165) is 34.0 Å². The average Bonchev–Trinajstić information content (AvgIpc) is 3.15. The van der Waals surface area contributed by atoms with Crippen LogP contribution in [0.1, 0.15) is 42.3 Å². The highest BCUT2D eigenvalue weighted by molar-refractivity contribution is 5.84. The number of carbonyl (C=O) groups excluding carboxylic acids is 1. The molecule has 1 aromatic heterocycles. The Morgan fingerprint density at radius 2 is 2.04 bits per heavy atom. The summed E-state index contributed by atoms with van der Waals surface area (Å²) in [5, 5.41) is 4.44. The first kappa shape index (κ1) is 17.3. The van der Waals surface area contributed by atoms with Crippen molar-refractivity contribution in [3.63, 3.8) is 0 Å². The molecule has 0 aliphatic carbocycles. The first-order valence-corrected chi connectivity index (χ1v) is 8.59. The van der Waals surface area contributed by atoms with Crippen molar-refractivity contribution in [3.05, 3.63) is 40.7 Å². The molecule has 2 aromatic rings. The van der Waals surface area contributed by atoms with Crippen LogP contribution in [0.4, 0.5) is 0 Å². The lowest BCUT2D eigenvalue weighted by Gasteiger charge is -2.25. The minimum Gasteiger partial charge on any atom is -0.454 e. The first-order valence-electron chi connectivity index (χ1n) is 8.59. The van der Waals surface area contributed by atoms with Crippen molar-refractivity contribution in [3.8, 4) is 11.5 Å². The normalized spacial score (nSPS) is 13.8. The molecule has 3 rings (SSSR count). The third-order valence-electron chi connectivity index (χ3n) is 4.87. The van der Waals surface area contributed by atoms with Gasteiger partial charge in [0.05, 0.1) is 11.6 Å². The fraction of sp³-hybridized carbons (Fsp3) is 0.474. The van der Waals surface area contributed by atoms with Crippen molar-refractivity contribution in [2.24, 2.45) is 7.05 Å². The monoisotopic (exact) mass is 343 g/mol. The Morgan fingerprint density at radius 3 is 2.68 bits per heavy atom. The van der Waals surface area contributed by atoms with Crippen molar-refractivity contribution in [1.82, 2.24) is 14.7 Å². The second-order valence-electron chi connectivity index (χ2n) is 6.47. The molecule has 25 heavy (non-hydrogen) atoms. The number of amides is 1. The Morgan fingerprint density at radius 1 is 1.32 bits per heavy atom. The smallest absolute Gasteiger partial charge is 0.231 e. The Hall–Kier alpha value is -2.50. The van der Waals surface area contributed by atoms with E-state index in [4.69, 9.17) is 9.47 Å². The molecule has 0 fully saturated rings. The quantitative estimate of drug-likeness (QED) is 0.838. The standard InChI is InChI=1S/C19H25N3O3/c1-6-22(10-15-7-8-16-17(9-15)25-11-24-16)19(23)12(2)18-13(3)20-21(5)14(18)4/h7-9,12H,6,10-11H2,1-5H3/t12-/m0/s1. The lowest BCUT2D eigenvalue weighted by atomic mass is 9.97. The summed E-state index contributed by atoms with van der Waals surface area (Å²) in [4.78, 5) is 14.9. The lowest BCUT2D eigenvalue weighted by molar-refractivity contribution is -0.132. The van der Waals surface area contributed by atoms with Gasteiger partial charge in [0.15, 0.2) is 11.5 Å². The summed E-state index contributed by atoms with van der Waals surface area (Å²) in [5.74, 6) is 1.39. The molecular weight excluding hydrogens is 318 g/mol. The van der Waals surface area contributed by atoms with Gasteiger partial charge in [0, 0.05) is 31.4 Å². The zero-order chi connectivity index (χ0) is 18.1. The number of benzene rings is 1. The van der Waals surface area contributed by atoms with Crippen LogP contribution in [0.3, 0.4) is 0 Å². The molecule has 0 saturated heterocycles. The maximum Gasteiger partial charge on any atom is 0.231 e. The molecule has 6 nitrogen and oxygen atoms in total. The van der Waals surface area contributed by atoms with Gasteiger partial charge in [0.2, 0.25) is 12.7 Å². The molecule has 0 saturated carbocycles. The number of hydrogen-bond donors (Lipinski definition) is 0. The van der Waals surface area contributed by atoms with E-state index in [0.29, 0.717) is 13.1 Å². The third kappa shape index (κ3) is 3.21. The molecule has 1 atom stereocenters. The average molecular weight is 343 g/mol. The number of aryl methyl sites for hydroxylation is 2. The maximum absolute atomic E-state index is 13.1. The summed E-state index contributed by atoms with van der Waals surface area (Å²) in [7, 11) is 1.91. The zero-order valence-corrected chi connectivity index (χ0v) is 15.5. The van der Waals surface area contributed by atoms with Gasteiger partial charge in [-0.3, -0.25) is 9.48 Å². The van der Waals surface area contributed by atoms with E-state index in [2.05, 4.69) is 5.10 Å². The maximum atomic E-state index is 13.1. The minimum absolute atomic E-state index is 0.111. The van der Waals surface area contributed by atoms with Crippen LogP contribution >= 0.6 is 0 Å². The van der Waals surface area contributed by atoms with E-state index in [1.54, 1.807) is 0 Å². The predicted molar refractivity (Wildman–Crippen MR) is 94.8 cm³/mol. The van der Waals surface area contributed by atoms with Gasteiger partial charge in [0.1, 0.15) is 0 Å². The third-order valence-corrected chi connectivity index (χ3v) is 4.87. The van der Waals surface area contributed by atoms with Crippen molar-refractivity contribution in [2.45, 2.75) is 40.2 Å². The SMILES string of the molecule is CCN(Cc1ccc2c(c1)OCO2)C(=O)[C@@H](C)c1c(C)nn(C)c1C. The van der Waals surface area contributed by atoms with Crippen molar-refractivity contribution in [2.75, 3.05) is 13.3 Å². The van der Waals surface area contributed by atoms with Crippen molar-refractivity contribution < 1.29 is 14.3 Å². The number of fused-ring (bicyclic) bond motifs is 1. The van der Waals surface area contributed by atoms with E-state index < -0.39 is 0 Å².